The second-order valence-electron chi connectivity index (χ2n) is 4.58. The first kappa shape index (κ1) is 13.0. The molecular weight excluding hydrogens is 200 g/mol. The van der Waals surface area contributed by atoms with Crippen molar-refractivity contribution in [3.8, 4) is 0 Å². The zero-order valence-corrected chi connectivity index (χ0v) is 10.4. The van der Waals surface area contributed by atoms with Crippen LogP contribution < -0.4 is 10.6 Å². The Balaban J connectivity index is 2.69. The highest BCUT2D eigenvalue weighted by atomic mass is 16.3. The first-order valence-electron chi connectivity index (χ1n) is 5.71. The number of likely N-dealkylation sites (N-methyl/N-ethyl adjacent to an activating group) is 1. The molecule has 0 saturated carbocycles. The lowest BCUT2D eigenvalue weighted by Gasteiger charge is -2.29. The summed E-state index contributed by atoms with van der Waals surface area (Å²) in [4.78, 5) is 2.02. The number of nitrogens with zero attached hydrogens (tertiary/aromatic N) is 1. The van der Waals surface area contributed by atoms with Crippen LogP contribution in [0.4, 0.5) is 5.69 Å². The second-order valence-corrected chi connectivity index (χ2v) is 4.58. The summed E-state index contributed by atoms with van der Waals surface area (Å²) in [6, 6.07) is 8.38. The zero-order chi connectivity index (χ0) is 12.2. The third-order valence-electron chi connectivity index (χ3n) is 2.80. The van der Waals surface area contributed by atoms with Crippen LogP contribution in [0.2, 0.25) is 0 Å². The molecule has 90 valence electrons. The van der Waals surface area contributed by atoms with Gasteiger partial charge in [-0.2, -0.15) is 0 Å². The molecule has 0 aliphatic carbocycles. The van der Waals surface area contributed by atoms with E-state index in [1.807, 2.05) is 11.9 Å². The average molecular weight is 222 g/mol. The number of benzene rings is 1. The fourth-order valence-electron chi connectivity index (χ4n) is 1.65. The highest BCUT2D eigenvalue weighted by molar-refractivity contribution is 5.47. The number of hydrogen-bond acceptors (Lipinski definition) is 3. The van der Waals surface area contributed by atoms with Gasteiger partial charge in [0.2, 0.25) is 0 Å². The molecule has 0 saturated heterocycles. The molecule has 3 N–H and O–H groups in total. The van der Waals surface area contributed by atoms with E-state index < -0.39 is 5.60 Å². The number of aryl methyl sites for hydroxylation is 1. The van der Waals surface area contributed by atoms with Crippen LogP contribution in [0.25, 0.3) is 0 Å². The van der Waals surface area contributed by atoms with Crippen LogP contribution in [-0.4, -0.2) is 30.8 Å². The Morgan fingerprint density at radius 2 is 1.88 bits per heavy atom. The van der Waals surface area contributed by atoms with Crippen molar-refractivity contribution in [1.82, 2.24) is 0 Å². The minimum absolute atomic E-state index is 0.268. The van der Waals surface area contributed by atoms with Crippen LogP contribution in [0.1, 0.15) is 19.4 Å². The van der Waals surface area contributed by atoms with Crippen molar-refractivity contribution in [1.29, 1.82) is 0 Å². The summed E-state index contributed by atoms with van der Waals surface area (Å²) in [6.07, 6.45) is 1.05. The molecule has 0 radical (unpaired) electrons. The van der Waals surface area contributed by atoms with E-state index in [1.165, 1.54) is 5.56 Å². The molecule has 0 aliphatic rings. The van der Waals surface area contributed by atoms with E-state index in [1.54, 1.807) is 6.92 Å². The average Bonchev–Trinajstić information content (AvgIpc) is 2.28. The van der Waals surface area contributed by atoms with Crippen molar-refractivity contribution in [3.05, 3.63) is 29.8 Å². The maximum absolute atomic E-state index is 9.89. The largest absolute Gasteiger partial charge is 0.387 e. The molecule has 0 spiro atoms. The van der Waals surface area contributed by atoms with Crippen molar-refractivity contribution >= 4 is 5.69 Å². The summed E-state index contributed by atoms with van der Waals surface area (Å²) in [5.74, 6) is 0. The molecule has 1 rings (SSSR count). The normalized spacial score (nSPS) is 14.6. The molecule has 1 unspecified atom stereocenters. The molecule has 3 nitrogen and oxygen atoms in total. The van der Waals surface area contributed by atoms with E-state index in [0.717, 1.165) is 12.1 Å². The third-order valence-corrected chi connectivity index (χ3v) is 2.80. The van der Waals surface area contributed by atoms with Gasteiger partial charge in [-0.15, -0.1) is 0 Å². The molecule has 0 amide bonds. The molecule has 0 bridgehead atoms. The van der Waals surface area contributed by atoms with Crippen molar-refractivity contribution in [2.24, 2.45) is 5.73 Å². The summed E-state index contributed by atoms with van der Waals surface area (Å²) >= 11 is 0. The molecule has 16 heavy (non-hydrogen) atoms. The van der Waals surface area contributed by atoms with E-state index in [9.17, 15) is 5.11 Å². The fourth-order valence-corrected chi connectivity index (χ4v) is 1.65. The highest BCUT2D eigenvalue weighted by Crippen LogP contribution is 2.16. The van der Waals surface area contributed by atoms with Gasteiger partial charge in [-0.3, -0.25) is 0 Å². The molecule has 0 heterocycles. The van der Waals surface area contributed by atoms with E-state index >= 15 is 0 Å². The lowest BCUT2D eigenvalue weighted by molar-refractivity contribution is 0.0772. The number of rotatable bonds is 5. The van der Waals surface area contributed by atoms with Crippen LogP contribution in [0.3, 0.4) is 0 Å². The zero-order valence-electron chi connectivity index (χ0n) is 10.4. The monoisotopic (exact) mass is 222 g/mol. The number of anilines is 1. The van der Waals surface area contributed by atoms with E-state index in [0.29, 0.717) is 6.54 Å². The Hall–Kier alpha value is -1.06. The molecule has 0 fully saturated rings. The topological polar surface area (TPSA) is 49.5 Å². The van der Waals surface area contributed by atoms with Gasteiger partial charge >= 0.3 is 0 Å². The highest BCUT2D eigenvalue weighted by Gasteiger charge is 2.20. The van der Waals surface area contributed by atoms with Crippen LogP contribution in [0, 0.1) is 0 Å². The maximum Gasteiger partial charge on any atom is 0.0915 e. The number of nitrogens with two attached hydrogens (primary N) is 1. The quantitative estimate of drug-likeness (QED) is 0.791. The lowest BCUT2D eigenvalue weighted by atomic mass is 10.1. The van der Waals surface area contributed by atoms with Crippen molar-refractivity contribution in [2.75, 3.05) is 25.0 Å². The smallest absolute Gasteiger partial charge is 0.0915 e. The predicted octanol–water partition coefficient (Wildman–Crippen LogP) is 1.39. The van der Waals surface area contributed by atoms with E-state index in [2.05, 4.69) is 31.2 Å². The Bertz CT molecular complexity index is 319. The summed E-state index contributed by atoms with van der Waals surface area (Å²) in [6.45, 7) is 4.70. The molecule has 1 aromatic rings. The van der Waals surface area contributed by atoms with Crippen molar-refractivity contribution in [2.45, 2.75) is 25.9 Å². The molecule has 1 aromatic carbocycles. The molecular formula is C13H22N2O. The fraction of sp³-hybridized carbons (Fsp3) is 0.538. The first-order chi connectivity index (χ1) is 7.48. The summed E-state index contributed by atoms with van der Waals surface area (Å²) < 4.78 is 0. The summed E-state index contributed by atoms with van der Waals surface area (Å²) in [5.41, 5.74) is 7.09. The third kappa shape index (κ3) is 3.51. The van der Waals surface area contributed by atoms with Gasteiger partial charge in [0.1, 0.15) is 0 Å². The Morgan fingerprint density at radius 3 is 2.31 bits per heavy atom. The molecule has 0 aromatic heterocycles. The Kier molecular flexibility index (Phi) is 4.33. The van der Waals surface area contributed by atoms with Gasteiger partial charge in [0, 0.05) is 25.8 Å². The summed E-state index contributed by atoms with van der Waals surface area (Å²) in [5, 5.41) is 9.89. The first-order valence-corrected chi connectivity index (χ1v) is 5.71. The van der Waals surface area contributed by atoms with Crippen molar-refractivity contribution < 1.29 is 5.11 Å². The van der Waals surface area contributed by atoms with Gasteiger partial charge in [-0.25, -0.2) is 0 Å². The Morgan fingerprint density at radius 1 is 1.31 bits per heavy atom. The minimum atomic E-state index is -0.835. The van der Waals surface area contributed by atoms with Crippen LogP contribution in [0.15, 0.2) is 24.3 Å². The van der Waals surface area contributed by atoms with Gasteiger partial charge in [-0.05, 0) is 31.0 Å². The van der Waals surface area contributed by atoms with Crippen molar-refractivity contribution in [3.63, 3.8) is 0 Å². The van der Waals surface area contributed by atoms with Crippen LogP contribution >= 0.6 is 0 Å². The van der Waals surface area contributed by atoms with Gasteiger partial charge < -0.3 is 15.7 Å². The SMILES string of the molecule is CCc1ccc(N(C)CC(C)(O)CN)cc1. The summed E-state index contributed by atoms with van der Waals surface area (Å²) in [7, 11) is 1.96. The molecule has 0 aliphatic heterocycles. The second kappa shape index (κ2) is 5.32. The van der Waals surface area contributed by atoms with E-state index in [4.69, 9.17) is 5.73 Å². The standard InChI is InChI=1S/C13H22N2O/c1-4-11-5-7-12(8-6-11)15(3)10-13(2,16)9-14/h5-8,16H,4,9-10,14H2,1-3H3. The van der Waals surface area contributed by atoms with Gasteiger partial charge in [-0.1, -0.05) is 19.1 Å². The predicted molar refractivity (Wildman–Crippen MR) is 68.8 cm³/mol. The van der Waals surface area contributed by atoms with Gasteiger partial charge in [0.15, 0.2) is 0 Å². The number of aliphatic hydroxyl groups is 1. The minimum Gasteiger partial charge on any atom is -0.387 e. The van der Waals surface area contributed by atoms with Gasteiger partial charge in [0.05, 0.1) is 5.60 Å². The van der Waals surface area contributed by atoms with Crippen LogP contribution in [-0.2, 0) is 6.42 Å². The lowest BCUT2D eigenvalue weighted by Crippen LogP contribution is -2.44. The maximum atomic E-state index is 9.89. The molecule has 3 heteroatoms. The Labute approximate surface area is 97.9 Å². The molecule has 1 atom stereocenters. The van der Waals surface area contributed by atoms with E-state index in [-0.39, 0.29) is 6.54 Å². The number of hydrogen-bond donors (Lipinski definition) is 2. The van der Waals surface area contributed by atoms with Gasteiger partial charge in [0.25, 0.3) is 0 Å². The van der Waals surface area contributed by atoms with Crippen LogP contribution in [0.5, 0.6) is 0 Å².